The largest absolute Gasteiger partial charge is 0.354 e. The molecule has 0 saturated heterocycles. The molecule has 86 valence electrons. The summed E-state index contributed by atoms with van der Waals surface area (Å²) in [5.41, 5.74) is 7.15. The maximum absolute atomic E-state index is 4.52. The van der Waals surface area contributed by atoms with Crippen molar-refractivity contribution in [3.63, 3.8) is 0 Å². The van der Waals surface area contributed by atoms with Gasteiger partial charge in [0.25, 0.3) is 0 Å². The van der Waals surface area contributed by atoms with E-state index in [1.165, 1.54) is 27.8 Å². The zero-order valence-electron chi connectivity index (χ0n) is 10.1. The molecule has 2 nitrogen and oxygen atoms in total. The Morgan fingerprint density at radius 1 is 0.889 bits per heavy atom. The molecule has 0 spiro atoms. The van der Waals surface area contributed by atoms with Crippen LogP contribution in [-0.4, -0.2) is 4.98 Å². The van der Waals surface area contributed by atoms with E-state index in [0.29, 0.717) is 0 Å². The second-order valence-corrected chi connectivity index (χ2v) is 4.68. The van der Waals surface area contributed by atoms with Crippen LogP contribution >= 0.6 is 0 Å². The first-order valence-corrected chi connectivity index (χ1v) is 6.09. The van der Waals surface area contributed by atoms with Gasteiger partial charge in [0.2, 0.25) is 0 Å². The van der Waals surface area contributed by atoms with E-state index in [0.717, 1.165) is 11.2 Å². The summed E-state index contributed by atoms with van der Waals surface area (Å²) in [7, 11) is 0. The van der Waals surface area contributed by atoms with Crippen LogP contribution in [0.25, 0.3) is 22.0 Å². The first-order valence-electron chi connectivity index (χ1n) is 6.09. The highest BCUT2D eigenvalue weighted by molar-refractivity contribution is 6.10. The Morgan fingerprint density at radius 2 is 1.78 bits per heavy atom. The second-order valence-electron chi connectivity index (χ2n) is 4.68. The number of nitrogens with zero attached hydrogens (tertiary/aromatic N) is 1. The fourth-order valence-corrected chi connectivity index (χ4v) is 2.70. The van der Waals surface area contributed by atoms with Crippen molar-refractivity contribution in [2.75, 3.05) is 5.32 Å². The molecule has 2 heterocycles. The normalized spacial score (nSPS) is 12.1. The van der Waals surface area contributed by atoms with Gasteiger partial charge in [-0.25, -0.2) is 0 Å². The molecule has 0 atom stereocenters. The second kappa shape index (κ2) is 3.33. The van der Waals surface area contributed by atoms with Crippen molar-refractivity contribution in [3.05, 3.63) is 54.2 Å². The third-order valence-corrected chi connectivity index (χ3v) is 3.58. The molecule has 2 heteroatoms. The predicted octanol–water partition coefficient (Wildman–Crippen LogP) is 4.27. The Balaban J connectivity index is 2.22. The number of nitrogens with one attached hydrogen (secondary N) is 1. The summed E-state index contributed by atoms with van der Waals surface area (Å²) in [5, 5.41) is 4.72. The topological polar surface area (TPSA) is 24.9 Å². The number of para-hydroxylation sites is 1. The summed E-state index contributed by atoms with van der Waals surface area (Å²) in [5.74, 6) is 0. The van der Waals surface area contributed by atoms with E-state index in [-0.39, 0.29) is 0 Å². The SMILES string of the molecule is Cc1ccc2c3c(ccnc13)-c1ccccc1N2. The van der Waals surface area contributed by atoms with E-state index >= 15 is 0 Å². The van der Waals surface area contributed by atoms with E-state index in [1.54, 1.807) is 0 Å². The number of benzene rings is 2. The van der Waals surface area contributed by atoms with Crippen molar-refractivity contribution in [2.24, 2.45) is 0 Å². The minimum atomic E-state index is 1.09. The molecule has 18 heavy (non-hydrogen) atoms. The quantitative estimate of drug-likeness (QED) is 0.490. The summed E-state index contributed by atoms with van der Waals surface area (Å²) in [6, 6.07) is 14.8. The summed E-state index contributed by atoms with van der Waals surface area (Å²) >= 11 is 0. The van der Waals surface area contributed by atoms with Crippen LogP contribution in [0.3, 0.4) is 0 Å². The zero-order chi connectivity index (χ0) is 12.1. The predicted molar refractivity (Wildman–Crippen MR) is 75.2 cm³/mol. The van der Waals surface area contributed by atoms with Crippen LogP contribution in [0, 0.1) is 6.92 Å². The highest BCUT2D eigenvalue weighted by Crippen LogP contribution is 2.43. The van der Waals surface area contributed by atoms with Crippen LogP contribution in [0.4, 0.5) is 11.4 Å². The molecule has 4 rings (SSSR count). The molecule has 2 aromatic carbocycles. The molecule has 0 aliphatic carbocycles. The highest BCUT2D eigenvalue weighted by atomic mass is 14.9. The fraction of sp³-hybridized carbons (Fsp3) is 0.0625. The van der Waals surface area contributed by atoms with E-state index in [1.807, 2.05) is 6.20 Å². The van der Waals surface area contributed by atoms with Crippen LogP contribution in [0.2, 0.25) is 0 Å². The summed E-state index contributed by atoms with van der Waals surface area (Å²) in [4.78, 5) is 4.52. The zero-order valence-corrected chi connectivity index (χ0v) is 10.1. The van der Waals surface area contributed by atoms with Crippen molar-refractivity contribution < 1.29 is 0 Å². The van der Waals surface area contributed by atoms with Gasteiger partial charge in [-0.3, -0.25) is 4.98 Å². The summed E-state index contributed by atoms with van der Waals surface area (Å²) in [6.07, 6.45) is 1.90. The molecule has 0 amide bonds. The van der Waals surface area contributed by atoms with E-state index < -0.39 is 0 Å². The summed E-state index contributed by atoms with van der Waals surface area (Å²) < 4.78 is 0. The van der Waals surface area contributed by atoms with Crippen molar-refractivity contribution >= 4 is 22.3 Å². The van der Waals surface area contributed by atoms with Crippen molar-refractivity contribution in [2.45, 2.75) is 6.92 Å². The van der Waals surface area contributed by atoms with Gasteiger partial charge >= 0.3 is 0 Å². The number of aromatic nitrogens is 1. The molecule has 0 fully saturated rings. The van der Waals surface area contributed by atoms with Crippen LogP contribution in [0.1, 0.15) is 5.56 Å². The van der Waals surface area contributed by atoms with E-state index in [9.17, 15) is 0 Å². The lowest BCUT2D eigenvalue weighted by Gasteiger charge is -2.22. The Kier molecular flexibility index (Phi) is 1.78. The fourth-order valence-electron chi connectivity index (χ4n) is 2.70. The first-order chi connectivity index (χ1) is 8.84. The van der Waals surface area contributed by atoms with Gasteiger partial charge in [0.05, 0.1) is 5.52 Å². The number of fused-ring (bicyclic) bond motifs is 2. The molecule has 1 aliphatic heterocycles. The first kappa shape index (κ1) is 9.66. The molecule has 0 bridgehead atoms. The van der Waals surface area contributed by atoms with Crippen LogP contribution in [0.5, 0.6) is 0 Å². The lowest BCUT2D eigenvalue weighted by atomic mass is 9.94. The van der Waals surface area contributed by atoms with Gasteiger partial charge in [0.1, 0.15) is 0 Å². The molecular weight excluding hydrogens is 220 g/mol. The number of hydrogen-bond acceptors (Lipinski definition) is 2. The smallest absolute Gasteiger partial charge is 0.0758 e. The Morgan fingerprint density at radius 3 is 2.72 bits per heavy atom. The lowest BCUT2D eigenvalue weighted by Crippen LogP contribution is -2.02. The van der Waals surface area contributed by atoms with Gasteiger partial charge in [-0.05, 0) is 36.2 Å². The van der Waals surface area contributed by atoms with Gasteiger partial charge in [-0.15, -0.1) is 0 Å². The average molecular weight is 232 g/mol. The minimum absolute atomic E-state index is 1.09. The van der Waals surface area contributed by atoms with Crippen LogP contribution in [-0.2, 0) is 0 Å². The van der Waals surface area contributed by atoms with Gasteiger partial charge < -0.3 is 5.32 Å². The van der Waals surface area contributed by atoms with Gasteiger partial charge in [-0.1, -0.05) is 24.3 Å². The van der Waals surface area contributed by atoms with E-state index in [2.05, 4.69) is 59.7 Å². The van der Waals surface area contributed by atoms with Crippen LogP contribution in [0.15, 0.2) is 48.7 Å². The van der Waals surface area contributed by atoms with Gasteiger partial charge in [0, 0.05) is 28.5 Å². The summed E-state index contributed by atoms with van der Waals surface area (Å²) in [6.45, 7) is 2.11. The number of pyridine rings is 1. The number of hydrogen-bond donors (Lipinski definition) is 1. The molecule has 0 unspecified atom stereocenters. The maximum atomic E-state index is 4.52. The molecule has 1 aliphatic rings. The molecular formula is C16H12N2. The van der Waals surface area contributed by atoms with Crippen molar-refractivity contribution in [3.8, 4) is 11.1 Å². The standard InChI is InChI=1S/C16H12N2/c1-10-6-7-14-15-12(8-9-17-16(10)15)11-4-2-3-5-13(11)18-14/h2-9,18H,1H3. The Hall–Kier alpha value is -2.35. The third kappa shape index (κ3) is 1.15. The van der Waals surface area contributed by atoms with E-state index in [4.69, 9.17) is 0 Å². The third-order valence-electron chi connectivity index (χ3n) is 3.58. The van der Waals surface area contributed by atoms with Crippen molar-refractivity contribution in [1.82, 2.24) is 4.98 Å². The molecule has 1 N–H and O–H groups in total. The molecule has 0 radical (unpaired) electrons. The number of rotatable bonds is 0. The average Bonchev–Trinajstić information content (AvgIpc) is 2.43. The number of anilines is 2. The highest BCUT2D eigenvalue weighted by Gasteiger charge is 2.18. The molecule has 1 aromatic heterocycles. The van der Waals surface area contributed by atoms with Gasteiger partial charge in [-0.2, -0.15) is 0 Å². The molecule has 3 aromatic rings. The lowest BCUT2D eigenvalue weighted by molar-refractivity contribution is 1.35. The monoisotopic (exact) mass is 232 g/mol. The Labute approximate surface area is 105 Å². The number of aryl methyl sites for hydroxylation is 1. The maximum Gasteiger partial charge on any atom is 0.0758 e. The molecule has 0 saturated carbocycles. The van der Waals surface area contributed by atoms with Gasteiger partial charge in [0.15, 0.2) is 0 Å². The van der Waals surface area contributed by atoms with Crippen LogP contribution < -0.4 is 5.32 Å². The minimum Gasteiger partial charge on any atom is -0.354 e. The van der Waals surface area contributed by atoms with Crippen molar-refractivity contribution in [1.29, 1.82) is 0 Å². The Bertz CT molecular complexity index is 775.